The molecule has 1 aliphatic heterocycles. The number of esters is 1. The Labute approximate surface area is 150 Å². The molecule has 0 saturated carbocycles. The van der Waals surface area contributed by atoms with E-state index >= 15 is 0 Å². The molecule has 0 aromatic carbocycles. The summed E-state index contributed by atoms with van der Waals surface area (Å²) in [4.78, 5) is 32.9. The minimum absolute atomic E-state index is 0.330. The number of carbonyl (C=O) groups excluding carboxylic acids is 2. The summed E-state index contributed by atoms with van der Waals surface area (Å²) in [6.45, 7) is 7.21. The second-order valence-corrected chi connectivity index (χ2v) is 6.13. The second kappa shape index (κ2) is 6.58. The van der Waals surface area contributed by atoms with E-state index in [1.54, 1.807) is 24.7 Å². The van der Waals surface area contributed by atoms with E-state index in [1.807, 2.05) is 19.9 Å². The molecule has 9 heteroatoms. The Morgan fingerprint density at radius 2 is 1.85 bits per heavy atom. The topological polar surface area (TPSA) is 111 Å². The zero-order valence-corrected chi connectivity index (χ0v) is 15.2. The highest BCUT2D eigenvalue weighted by molar-refractivity contribution is 5.94. The average Bonchev–Trinajstić information content (AvgIpc) is 2.94. The van der Waals surface area contributed by atoms with Gasteiger partial charge in [0.1, 0.15) is 0 Å². The highest BCUT2D eigenvalue weighted by Crippen LogP contribution is 2.29. The lowest BCUT2D eigenvalue weighted by Gasteiger charge is -2.27. The van der Waals surface area contributed by atoms with Gasteiger partial charge in [-0.3, -0.25) is 0 Å². The normalized spacial score (nSPS) is 17.0. The van der Waals surface area contributed by atoms with Crippen LogP contribution in [0.3, 0.4) is 0 Å². The van der Waals surface area contributed by atoms with Crippen molar-refractivity contribution in [2.24, 2.45) is 0 Å². The monoisotopic (exact) mass is 356 g/mol. The molecule has 2 amide bonds. The Bertz CT molecular complexity index is 910. The number of aromatic nitrogens is 4. The first kappa shape index (κ1) is 17.6. The van der Waals surface area contributed by atoms with Crippen LogP contribution in [0.1, 0.15) is 35.6 Å². The molecule has 0 aliphatic carbocycles. The van der Waals surface area contributed by atoms with E-state index in [0.717, 1.165) is 11.4 Å². The van der Waals surface area contributed by atoms with E-state index in [9.17, 15) is 9.59 Å². The Hall–Kier alpha value is -3.23. The number of aryl methyl sites for hydroxylation is 3. The van der Waals surface area contributed by atoms with Gasteiger partial charge in [-0.15, -0.1) is 0 Å². The van der Waals surface area contributed by atoms with E-state index in [2.05, 4.69) is 25.7 Å². The molecule has 2 aromatic rings. The summed E-state index contributed by atoms with van der Waals surface area (Å²) in [5.74, 6) is -0.0905. The number of carbonyl (C=O) groups is 2. The van der Waals surface area contributed by atoms with Crippen molar-refractivity contribution in [3.8, 4) is 5.95 Å². The van der Waals surface area contributed by atoms with Crippen LogP contribution in [-0.4, -0.2) is 38.9 Å². The van der Waals surface area contributed by atoms with Crippen LogP contribution in [0.25, 0.3) is 5.95 Å². The largest absolute Gasteiger partial charge is 0.466 e. The first-order chi connectivity index (χ1) is 12.3. The Kier molecular flexibility index (Phi) is 4.45. The lowest BCUT2D eigenvalue weighted by molar-refractivity contribution is -0.136. The number of allylic oxidation sites excluding steroid dienone is 1. The van der Waals surface area contributed by atoms with Crippen LogP contribution in [0, 0.1) is 20.8 Å². The van der Waals surface area contributed by atoms with Gasteiger partial charge < -0.3 is 15.4 Å². The molecule has 2 aromatic heterocycles. The molecule has 136 valence electrons. The highest BCUT2D eigenvalue weighted by atomic mass is 16.5. The molecule has 1 atom stereocenters. The number of nitrogens with one attached hydrogen (secondary N) is 2. The van der Waals surface area contributed by atoms with Crippen LogP contribution < -0.4 is 10.6 Å². The van der Waals surface area contributed by atoms with E-state index in [4.69, 9.17) is 4.74 Å². The van der Waals surface area contributed by atoms with Crippen molar-refractivity contribution in [3.05, 3.63) is 46.2 Å². The molecule has 3 rings (SSSR count). The van der Waals surface area contributed by atoms with Gasteiger partial charge in [-0.05, 0) is 33.8 Å². The van der Waals surface area contributed by atoms with Gasteiger partial charge in [-0.1, -0.05) is 0 Å². The third-order valence-corrected chi connectivity index (χ3v) is 4.10. The van der Waals surface area contributed by atoms with E-state index in [-0.39, 0.29) is 0 Å². The molecule has 3 heterocycles. The first-order valence-corrected chi connectivity index (χ1v) is 8.05. The average molecular weight is 356 g/mol. The van der Waals surface area contributed by atoms with Crippen molar-refractivity contribution in [3.63, 3.8) is 0 Å². The van der Waals surface area contributed by atoms with Crippen LogP contribution in [0.5, 0.6) is 0 Å². The van der Waals surface area contributed by atoms with Gasteiger partial charge in [0.15, 0.2) is 0 Å². The maximum Gasteiger partial charge on any atom is 0.337 e. The summed E-state index contributed by atoms with van der Waals surface area (Å²) in [5, 5.41) is 9.80. The van der Waals surface area contributed by atoms with Gasteiger partial charge in [-0.2, -0.15) is 5.10 Å². The maximum absolute atomic E-state index is 12.2. The first-order valence-electron chi connectivity index (χ1n) is 8.05. The molecule has 9 nitrogen and oxygen atoms in total. The number of hydrogen-bond donors (Lipinski definition) is 2. The summed E-state index contributed by atoms with van der Waals surface area (Å²) < 4.78 is 6.41. The molecule has 0 unspecified atom stereocenters. The van der Waals surface area contributed by atoms with Crippen LogP contribution in [0.15, 0.2) is 23.5 Å². The number of rotatable bonds is 3. The molecule has 26 heavy (non-hydrogen) atoms. The van der Waals surface area contributed by atoms with Gasteiger partial charge in [0, 0.05) is 28.8 Å². The third-order valence-electron chi connectivity index (χ3n) is 4.10. The SMILES string of the molecule is COC(=O)C1=C(C)NC(=O)N[C@@H]1c1cn(-c2nc(C)cc(C)n2)nc1C. The summed E-state index contributed by atoms with van der Waals surface area (Å²) in [5.41, 5.74) is 3.74. The summed E-state index contributed by atoms with van der Waals surface area (Å²) in [7, 11) is 1.30. The van der Waals surface area contributed by atoms with Crippen molar-refractivity contribution < 1.29 is 14.3 Å². The van der Waals surface area contributed by atoms with Crippen molar-refractivity contribution in [2.75, 3.05) is 7.11 Å². The summed E-state index contributed by atoms with van der Waals surface area (Å²) in [6, 6.07) is 0.806. The van der Waals surface area contributed by atoms with Gasteiger partial charge in [0.05, 0.1) is 24.4 Å². The molecule has 0 fully saturated rings. The van der Waals surface area contributed by atoms with Crippen LogP contribution in [0.4, 0.5) is 4.79 Å². The zero-order chi connectivity index (χ0) is 19.0. The Morgan fingerprint density at radius 3 is 2.46 bits per heavy atom. The van der Waals surface area contributed by atoms with Crippen LogP contribution in [-0.2, 0) is 9.53 Å². The van der Waals surface area contributed by atoms with E-state index in [0.29, 0.717) is 28.5 Å². The molecular formula is C17H20N6O3. The number of amides is 2. The molecule has 0 saturated heterocycles. The fraction of sp³-hybridized carbons (Fsp3) is 0.353. The lowest BCUT2D eigenvalue weighted by Crippen LogP contribution is -2.45. The Balaban J connectivity index is 2.09. The highest BCUT2D eigenvalue weighted by Gasteiger charge is 2.34. The smallest absolute Gasteiger partial charge is 0.337 e. The van der Waals surface area contributed by atoms with Gasteiger partial charge in [0.2, 0.25) is 0 Å². The van der Waals surface area contributed by atoms with Gasteiger partial charge in [-0.25, -0.2) is 24.2 Å². The standard InChI is InChI=1S/C17H20N6O3/c1-8-6-9(2)19-16(18-8)23-7-12(10(3)22-23)14-13(15(24)26-5)11(4)20-17(25)21-14/h6-7,14H,1-5H3,(H2,20,21,25)/t14-/m1/s1. The van der Waals surface area contributed by atoms with Crippen LogP contribution >= 0.6 is 0 Å². The molecule has 2 N–H and O–H groups in total. The maximum atomic E-state index is 12.2. The summed E-state index contributed by atoms with van der Waals surface area (Å²) in [6.07, 6.45) is 1.72. The minimum Gasteiger partial charge on any atom is -0.466 e. The Morgan fingerprint density at radius 1 is 1.19 bits per heavy atom. The molecule has 0 spiro atoms. The third kappa shape index (κ3) is 3.15. The predicted octanol–water partition coefficient (Wildman–Crippen LogP) is 1.39. The molecule has 0 radical (unpaired) electrons. The van der Waals surface area contributed by atoms with Crippen molar-refractivity contribution in [2.45, 2.75) is 33.7 Å². The lowest BCUT2D eigenvalue weighted by atomic mass is 9.96. The van der Waals surface area contributed by atoms with Gasteiger partial charge in [0.25, 0.3) is 5.95 Å². The molecule has 0 bridgehead atoms. The summed E-state index contributed by atoms with van der Waals surface area (Å²) >= 11 is 0. The van der Waals surface area contributed by atoms with Crippen molar-refractivity contribution in [1.82, 2.24) is 30.4 Å². The number of nitrogens with zero attached hydrogens (tertiary/aromatic N) is 4. The predicted molar refractivity (Wildman–Crippen MR) is 92.5 cm³/mol. The van der Waals surface area contributed by atoms with E-state index in [1.165, 1.54) is 7.11 Å². The fourth-order valence-electron chi connectivity index (χ4n) is 2.98. The number of methoxy groups -OCH3 is 1. The minimum atomic E-state index is -0.671. The number of hydrogen-bond acceptors (Lipinski definition) is 6. The van der Waals surface area contributed by atoms with E-state index < -0.39 is 18.0 Å². The molecular weight excluding hydrogens is 336 g/mol. The van der Waals surface area contributed by atoms with Crippen LogP contribution in [0.2, 0.25) is 0 Å². The zero-order valence-electron chi connectivity index (χ0n) is 15.2. The van der Waals surface area contributed by atoms with Gasteiger partial charge >= 0.3 is 12.0 Å². The van der Waals surface area contributed by atoms with Crippen molar-refractivity contribution in [1.29, 1.82) is 0 Å². The number of urea groups is 1. The quantitative estimate of drug-likeness (QED) is 0.804. The number of ether oxygens (including phenoxy) is 1. The second-order valence-electron chi connectivity index (χ2n) is 6.13. The van der Waals surface area contributed by atoms with Crippen molar-refractivity contribution >= 4 is 12.0 Å². The molecule has 1 aliphatic rings. The fourth-order valence-corrected chi connectivity index (χ4v) is 2.98.